The Morgan fingerprint density at radius 1 is 1.45 bits per heavy atom. The van der Waals surface area contributed by atoms with Gasteiger partial charge in [0.1, 0.15) is 5.60 Å². The van der Waals surface area contributed by atoms with Crippen LogP contribution in [0, 0.1) is 12.3 Å². The summed E-state index contributed by atoms with van der Waals surface area (Å²) in [5, 5.41) is 0. The Morgan fingerprint density at radius 2 is 2.10 bits per heavy atom. The van der Waals surface area contributed by atoms with Crippen molar-refractivity contribution in [3.63, 3.8) is 0 Å². The highest BCUT2D eigenvalue weighted by Crippen LogP contribution is 2.23. The zero-order valence-electron chi connectivity index (χ0n) is 12.3. The van der Waals surface area contributed by atoms with Crippen LogP contribution in [-0.2, 0) is 11.2 Å². The van der Waals surface area contributed by atoms with Gasteiger partial charge in [0.2, 0.25) is 0 Å². The topological polar surface area (TPSA) is 29.5 Å². The summed E-state index contributed by atoms with van der Waals surface area (Å²) >= 11 is 0. The van der Waals surface area contributed by atoms with Crippen molar-refractivity contribution in [1.29, 1.82) is 0 Å². The maximum atomic E-state index is 12.3. The first-order valence-electron chi connectivity index (χ1n) is 6.52. The van der Waals surface area contributed by atoms with Crippen LogP contribution < -0.4 is 4.90 Å². The molecule has 0 atom stereocenters. The first kappa shape index (κ1) is 15.8. The lowest BCUT2D eigenvalue weighted by molar-refractivity contribution is 0.0585. The molecule has 0 aliphatic carbocycles. The van der Waals surface area contributed by atoms with Crippen LogP contribution in [0.4, 0.5) is 10.5 Å². The molecule has 3 nitrogen and oxygen atoms in total. The van der Waals surface area contributed by atoms with Crippen LogP contribution in [0.5, 0.6) is 0 Å². The van der Waals surface area contributed by atoms with E-state index in [9.17, 15) is 4.79 Å². The molecule has 0 spiro atoms. The third kappa shape index (κ3) is 4.47. The van der Waals surface area contributed by atoms with Gasteiger partial charge < -0.3 is 4.74 Å². The molecule has 1 aromatic rings. The van der Waals surface area contributed by atoms with Gasteiger partial charge in [0.05, 0.1) is 12.2 Å². The maximum absolute atomic E-state index is 12.3. The van der Waals surface area contributed by atoms with E-state index >= 15 is 0 Å². The number of hydrogen-bond donors (Lipinski definition) is 0. The minimum atomic E-state index is -0.558. The van der Waals surface area contributed by atoms with Crippen molar-refractivity contribution in [2.75, 3.05) is 11.4 Å². The summed E-state index contributed by atoms with van der Waals surface area (Å²) in [7, 11) is 0. The number of allylic oxidation sites excluding steroid dienone is 1. The second-order valence-corrected chi connectivity index (χ2v) is 5.39. The monoisotopic (exact) mass is 271 g/mol. The third-order valence-electron chi connectivity index (χ3n) is 2.51. The highest BCUT2D eigenvalue weighted by Gasteiger charge is 2.24. The number of amides is 1. The maximum Gasteiger partial charge on any atom is 0.415 e. The SMILES string of the molecule is C#CCN(C(=O)OC(C)(C)C)c1ccccc1CC=C. The third-order valence-corrected chi connectivity index (χ3v) is 2.51. The Kier molecular flexibility index (Phi) is 5.40. The normalized spacial score (nSPS) is 10.5. The van der Waals surface area contributed by atoms with E-state index in [1.807, 2.05) is 45.0 Å². The molecule has 0 radical (unpaired) electrons. The van der Waals surface area contributed by atoms with Crippen LogP contribution in [0.3, 0.4) is 0 Å². The number of terminal acetylenes is 1. The molecule has 106 valence electrons. The Morgan fingerprint density at radius 3 is 2.65 bits per heavy atom. The summed E-state index contributed by atoms with van der Waals surface area (Å²) in [5.41, 5.74) is 1.19. The summed E-state index contributed by atoms with van der Waals surface area (Å²) in [5.74, 6) is 2.50. The minimum Gasteiger partial charge on any atom is -0.443 e. The van der Waals surface area contributed by atoms with Crippen LogP contribution in [0.2, 0.25) is 0 Å². The van der Waals surface area contributed by atoms with Gasteiger partial charge in [0, 0.05) is 0 Å². The Bertz CT molecular complexity index is 521. The molecule has 3 heteroatoms. The fraction of sp³-hybridized carbons (Fsp3) is 0.353. The van der Waals surface area contributed by atoms with Crippen molar-refractivity contribution in [2.24, 2.45) is 0 Å². The van der Waals surface area contributed by atoms with E-state index in [-0.39, 0.29) is 6.54 Å². The zero-order valence-corrected chi connectivity index (χ0v) is 12.3. The molecule has 0 unspecified atom stereocenters. The van der Waals surface area contributed by atoms with Crippen LogP contribution in [0.1, 0.15) is 26.3 Å². The standard InChI is InChI=1S/C17H21NO2/c1-6-10-14-11-8-9-12-15(14)18(13-7-2)16(19)20-17(3,4)5/h2,6,8-9,11-12H,1,10,13H2,3-5H3. The van der Waals surface area contributed by atoms with Crippen LogP contribution in [0.15, 0.2) is 36.9 Å². The van der Waals surface area contributed by atoms with Gasteiger partial charge in [0.15, 0.2) is 0 Å². The number of carbonyl (C=O) groups excluding carboxylic acids is 1. The molecule has 1 aromatic carbocycles. The fourth-order valence-corrected chi connectivity index (χ4v) is 1.76. The molecule has 20 heavy (non-hydrogen) atoms. The van der Waals surface area contributed by atoms with E-state index in [0.29, 0.717) is 6.42 Å². The average Bonchev–Trinajstić information content (AvgIpc) is 2.35. The molecule has 1 amide bonds. The quantitative estimate of drug-likeness (QED) is 0.616. The van der Waals surface area contributed by atoms with Gasteiger partial charge in [-0.2, -0.15) is 0 Å². The van der Waals surface area contributed by atoms with E-state index in [4.69, 9.17) is 11.2 Å². The predicted octanol–water partition coefficient (Wildman–Crippen LogP) is 3.79. The fourth-order valence-electron chi connectivity index (χ4n) is 1.76. The summed E-state index contributed by atoms with van der Waals surface area (Å²) in [4.78, 5) is 13.8. The molecule has 0 aliphatic heterocycles. The van der Waals surface area contributed by atoms with E-state index in [0.717, 1.165) is 11.3 Å². The number of hydrogen-bond acceptors (Lipinski definition) is 2. The molecule has 1 rings (SSSR count). The van der Waals surface area contributed by atoms with E-state index in [2.05, 4.69) is 12.5 Å². The molecular weight excluding hydrogens is 250 g/mol. The number of rotatable bonds is 4. The average molecular weight is 271 g/mol. The molecule has 0 aromatic heterocycles. The number of anilines is 1. The number of nitrogens with zero attached hydrogens (tertiary/aromatic N) is 1. The van der Waals surface area contributed by atoms with Crippen molar-refractivity contribution in [1.82, 2.24) is 0 Å². The van der Waals surface area contributed by atoms with Crippen molar-refractivity contribution < 1.29 is 9.53 Å². The van der Waals surface area contributed by atoms with Crippen LogP contribution >= 0.6 is 0 Å². The summed E-state index contributed by atoms with van der Waals surface area (Å²) in [6, 6.07) is 7.60. The summed E-state index contributed by atoms with van der Waals surface area (Å²) in [6.45, 7) is 9.39. The highest BCUT2D eigenvalue weighted by atomic mass is 16.6. The second kappa shape index (κ2) is 6.81. The first-order valence-corrected chi connectivity index (χ1v) is 6.52. The summed E-state index contributed by atoms with van der Waals surface area (Å²) in [6.07, 6.45) is 7.40. The largest absolute Gasteiger partial charge is 0.443 e. The number of carbonyl (C=O) groups is 1. The Hall–Kier alpha value is -2.21. The number of benzene rings is 1. The van der Waals surface area contributed by atoms with E-state index in [1.165, 1.54) is 4.90 Å². The first-order chi connectivity index (χ1) is 9.39. The lowest BCUT2D eigenvalue weighted by Crippen LogP contribution is -2.37. The second-order valence-electron chi connectivity index (χ2n) is 5.39. The van der Waals surface area contributed by atoms with Gasteiger partial charge in [-0.15, -0.1) is 13.0 Å². The lowest BCUT2D eigenvalue weighted by Gasteiger charge is -2.27. The molecular formula is C17H21NO2. The molecule has 0 fully saturated rings. The van der Waals surface area contributed by atoms with E-state index in [1.54, 1.807) is 6.08 Å². The smallest absolute Gasteiger partial charge is 0.415 e. The van der Waals surface area contributed by atoms with Crippen molar-refractivity contribution in [3.8, 4) is 12.3 Å². The number of ether oxygens (including phenoxy) is 1. The van der Waals surface area contributed by atoms with Crippen molar-refractivity contribution in [3.05, 3.63) is 42.5 Å². The van der Waals surface area contributed by atoms with Crippen molar-refractivity contribution >= 4 is 11.8 Å². The molecule has 0 saturated heterocycles. The Balaban J connectivity index is 3.11. The van der Waals surface area contributed by atoms with Gasteiger partial charge >= 0.3 is 6.09 Å². The van der Waals surface area contributed by atoms with Gasteiger partial charge in [-0.25, -0.2) is 4.79 Å². The van der Waals surface area contributed by atoms with Crippen LogP contribution in [0.25, 0.3) is 0 Å². The minimum absolute atomic E-state index is 0.170. The van der Waals surface area contributed by atoms with Gasteiger partial charge in [0.25, 0.3) is 0 Å². The van der Waals surface area contributed by atoms with Crippen molar-refractivity contribution in [2.45, 2.75) is 32.8 Å². The zero-order chi connectivity index (χ0) is 15.2. The Labute approximate surface area is 121 Å². The highest BCUT2D eigenvalue weighted by molar-refractivity contribution is 5.89. The molecule has 0 N–H and O–H groups in total. The number of para-hydroxylation sites is 1. The van der Waals surface area contributed by atoms with Crippen LogP contribution in [-0.4, -0.2) is 18.2 Å². The molecule has 0 saturated carbocycles. The van der Waals surface area contributed by atoms with Gasteiger partial charge in [-0.05, 0) is 38.8 Å². The lowest BCUT2D eigenvalue weighted by atomic mass is 10.1. The van der Waals surface area contributed by atoms with E-state index < -0.39 is 11.7 Å². The molecule has 0 aliphatic rings. The molecule has 0 heterocycles. The van der Waals surface area contributed by atoms with Gasteiger partial charge in [-0.1, -0.05) is 30.2 Å². The predicted molar refractivity (Wildman–Crippen MR) is 82.8 cm³/mol. The molecule has 0 bridgehead atoms. The van der Waals surface area contributed by atoms with Gasteiger partial charge in [-0.3, -0.25) is 4.90 Å². The summed E-state index contributed by atoms with van der Waals surface area (Å²) < 4.78 is 5.41.